The van der Waals surface area contributed by atoms with Crippen LogP contribution in [-0.2, 0) is 11.2 Å². The van der Waals surface area contributed by atoms with Crippen molar-refractivity contribution >= 4 is 46.3 Å². The SMILES string of the molecule is O=C(Cc1ccc(Cl)cc1)C(Nc1ccc(Cl)c(Cl)c1)c1ccccc1. The van der Waals surface area contributed by atoms with Crippen LogP contribution in [0.4, 0.5) is 5.69 Å². The van der Waals surface area contributed by atoms with E-state index in [4.69, 9.17) is 34.8 Å². The van der Waals surface area contributed by atoms with Crippen LogP contribution in [0.5, 0.6) is 0 Å². The van der Waals surface area contributed by atoms with Gasteiger partial charge in [0, 0.05) is 17.1 Å². The molecule has 3 rings (SSSR count). The lowest BCUT2D eigenvalue weighted by molar-refractivity contribution is -0.119. The third-order valence-electron chi connectivity index (χ3n) is 3.98. The van der Waals surface area contributed by atoms with E-state index in [1.54, 1.807) is 30.3 Å². The molecular weight excluding hydrogens is 389 g/mol. The van der Waals surface area contributed by atoms with Crippen molar-refractivity contribution in [3.63, 3.8) is 0 Å². The molecule has 2 nitrogen and oxygen atoms in total. The molecule has 0 spiro atoms. The highest BCUT2D eigenvalue weighted by Crippen LogP contribution is 2.28. The molecule has 26 heavy (non-hydrogen) atoms. The average molecular weight is 405 g/mol. The number of benzene rings is 3. The molecule has 0 aliphatic rings. The first-order chi connectivity index (χ1) is 12.5. The fraction of sp³-hybridized carbons (Fsp3) is 0.0952. The number of hydrogen-bond acceptors (Lipinski definition) is 2. The third-order valence-corrected chi connectivity index (χ3v) is 4.97. The molecule has 0 radical (unpaired) electrons. The summed E-state index contributed by atoms with van der Waals surface area (Å²) in [5, 5.41) is 4.84. The highest BCUT2D eigenvalue weighted by molar-refractivity contribution is 6.42. The highest BCUT2D eigenvalue weighted by Gasteiger charge is 2.21. The van der Waals surface area contributed by atoms with Gasteiger partial charge in [-0.1, -0.05) is 77.3 Å². The number of carbonyl (C=O) groups is 1. The Morgan fingerprint density at radius 1 is 0.846 bits per heavy atom. The van der Waals surface area contributed by atoms with Crippen molar-refractivity contribution in [2.45, 2.75) is 12.5 Å². The van der Waals surface area contributed by atoms with Crippen LogP contribution in [0.2, 0.25) is 15.1 Å². The summed E-state index contributed by atoms with van der Waals surface area (Å²) in [5.74, 6) is 0.0459. The summed E-state index contributed by atoms with van der Waals surface area (Å²) in [6.45, 7) is 0. The molecule has 3 aromatic rings. The highest BCUT2D eigenvalue weighted by atomic mass is 35.5. The molecule has 0 amide bonds. The van der Waals surface area contributed by atoms with Gasteiger partial charge in [0.1, 0.15) is 6.04 Å². The molecule has 0 fully saturated rings. The first-order valence-electron chi connectivity index (χ1n) is 8.06. The lowest BCUT2D eigenvalue weighted by Gasteiger charge is -2.20. The second kappa shape index (κ2) is 8.59. The van der Waals surface area contributed by atoms with Crippen LogP contribution in [0.1, 0.15) is 17.2 Å². The van der Waals surface area contributed by atoms with E-state index in [2.05, 4.69) is 5.32 Å². The van der Waals surface area contributed by atoms with Gasteiger partial charge in [0.05, 0.1) is 10.0 Å². The molecule has 0 aliphatic carbocycles. The molecular formula is C21H16Cl3NO. The van der Waals surface area contributed by atoms with E-state index in [9.17, 15) is 4.79 Å². The van der Waals surface area contributed by atoms with Crippen molar-refractivity contribution in [2.75, 3.05) is 5.32 Å². The number of ketones is 1. The van der Waals surface area contributed by atoms with Crippen LogP contribution in [-0.4, -0.2) is 5.78 Å². The summed E-state index contributed by atoms with van der Waals surface area (Å²) in [6, 6.07) is 21.6. The van der Waals surface area contributed by atoms with E-state index in [0.29, 0.717) is 21.5 Å². The first kappa shape index (κ1) is 18.8. The summed E-state index contributed by atoms with van der Waals surface area (Å²) >= 11 is 18.0. The van der Waals surface area contributed by atoms with Gasteiger partial charge in [-0.15, -0.1) is 0 Å². The van der Waals surface area contributed by atoms with E-state index in [-0.39, 0.29) is 5.78 Å². The first-order valence-corrected chi connectivity index (χ1v) is 9.20. The van der Waals surface area contributed by atoms with Crippen molar-refractivity contribution in [3.8, 4) is 0 Å². The smallest absolute Gasteiger partial charge is 0.163 e. The minimum absolute atomic E-state index is 0.0459. The van der Waals surface area contributed by atoms with Gasteiger partial charge in [0.15, 0.2) is 5.78 Å². The standard InChI is InChI=1S/C21H16Cl3NO/c22-16-8-6-14(7-9-16)12-20(26)21(15-4-2-1-3-5-15)25-17-10-11-18(23)19(24)13-17/h1-11,13,21,25H,12H2. The van der Waals surface area contributed by atoms with Gasteiger partial charge >= 0.3 is 0 Å². The summed E-state index contributed by atoms with van der Waals surface area (Å²) in [5.41, 5.74) is 2.53. The van der Waals surface area contributed by atoms with Crippen molar-refractivity contribution < 1.29 is 4.79 Å². The summed E-state index contributed by atoms with van der Waals surface area (Å²) in [7, 11) is 0. The number of nitrogens with one attached hydrogen (secondary N) is 1. The average Bonchev–Trinajstić information content (AvgIpc) is 2.65. The van der Waals surface area contributed by atoms with E-state index in [0.717, 1.165) is 16.8 Å². The molecule has 0 saturated heterocycles. The zero-order valence-electron chi connectivity index (χ0n) is 13.8. The Hall–Kier alpha value is -2.00. The monoisotopic (exact) mass is 403 g/mol. The Bertz CT molecular complexity index is 895. The Kier molecular flexibility index (Phi) is 6.20. The fourth-order valence-corrected chi connectivity index (χ4v) is 3.08. The quantitative estimate of drug-likeness (QED) is 0.500. The van der Waals surface area contributed by atoms with E-state index >= 15 is 0 Å². The van der Waals surface area contributed by atoms with Gasteiger partial charge in [-0.05, 0) is 41.5 Å². The molecule has 0 bridgehead atoms. The molecule has 0 heterocycles. The Morgan fingerprint density at radius 3 is 2.19 bits per heavy atom. The maximum absolute atomic E-state index is 13.0. The number of anilines is 1. The fourth-order valence-electron chi connectivity index (χ4n) is 2.65. The van der Waals surface area contributed by atoms with E-state index < -0.39 is 6.04 Å². The minimum atomic E-state index is -0.496. The zero-order chi connectivity index (χ0) is 18.5. The van der Waals surface area contributed by atoms with Gasteiger partial charge < -0.3 is 5.32 Å². The van der Waals surface area contributed by atoms with Crippen molar-refractivity contribution in [1.82, 2.24) is 0 Å². The van der Waals surface area contributed by atoms with Crippen molar-refractivity contribution in [3.05, 3.63) is 99.0 Å². The third kappa shape index (κ3) is 4.79. The Balaban J connectivity index is 1.86. The molecule has 0 aliphatic heterocycles. The minimum Gasteiger partial charge on any atom is -0.372 e. The molecule has 1 atom stereocenters. The molecule has 1 N–H and O–H groups in total. The van der Waals surface area contributed by atoms with Crippen molar-refractivity contribution in [1.29, 1.82) is 0 Å². The molecule has 0 aromatic heterocycles. The molecule has 5 heteroatoms. The van der Waals surface area contributed by atoms with E-state index in [1.807, 2.05) is 42.5 Å². The normalized spacial score (nSPS) is 11.8. The summed E-state index contributed by atoms with van der Waals surface area (Å²) in [6.07, 6.45) is 0.297. The number of carbonyl (C=O) groups excluding carboxylic acids is 1. The van der Waals surface area contributed by atoms with Crippen molar-refractivity contribution in [2.24, 2.45) is 0 Å². The topological polar surface area (TPSA) is 29.1 Å². The van der Waals surface area contributed by atoms with Crippen LogP contribution >= 0.6 is 34.8 Å². The van der Waals surface area contributed by atoms with Crippen LogP contribution in [0, 0.1) is 0 Å². The zero-order valence-corrected chi connectivity index (χ0v) is 16.0. The lowest BCUT2D eigenvalue weighted by Crippen LogP contribution is -2.22. The number of rotatable bonds is 6. The number of halogens is 3. The second-order valence-electron chi connectivity index (χ2n) is 5.89. The molecule has 1 unspecified atom stereocenters. The van der Waals surface area contributed by atoms with E-state index in [1.165, 1.54) is 0 Å². The number of Topliss-reactive ketones (excluding diaryl/α,β-unsaturated/α-hetero) is 1. The number of hydrogen-bond donors (Lipinski definition) is 1. The van der Waals surface area contributed by atoms with Crippen LogP contribution in [0.3, 0.4) is 0 Å². The Morgan fingerprint density at radius 2 is 1.54 bits per heavy atom. The second-order valence-corrected chi connectivity index (χ2v) is 7.14. The molecule has 3 aromatic carbocycles. The van der Waals surface area contributed by atoms with Crippen LogP contribution < -0.4 is 5.32 Å². The predicted molar refractivity (Wildman–Crippen MR) is 109 cm³/mol. The van der Waals surface area contributed by atoms with Crippen LogP contribution in [0.25, 0.3) is 0 Å². The van der Waals surface area contributed by atoms with Gasteiger partial charge in [0.25, 0.3) is 0 Å². The largest absolute Gasteiger partial charge is 0.372 e. The van der Waals surface area contributed by atoms with Gasteiger partial charge in [-0.2, -0.15) is 0 Å². The van der Waals surface area contributed by atoms with Gasteiger partial charge in [0.2, 0.25) is 0 Å². The lowest BCUT2D eigenvalue weighted by atomic mass is 9.97. The predicted octanol–water partition coefficient (Wildman–Crippen LogP) is 6.61. The summed E-state index contributed by atoms with van der Waals surface area (Å²) < 4.78 is 0. The van der Waals surface area contributed by atoms with Gasteiger partial charge in [-0.3, -0.25) is 4.79 Å². The maximum Gasteiger partial charge on any atom is 0.163 e. The van der Waals surface area contributed by atoms with Crippen LogP contribution in [0.15, 0.2) is 72.8 Å². The maximum atomic E-state index is 13.0. The summed E-state index contributed by atoms with van der Waals surface area (Å²) in [4.78, 5) is 13.0. The van der Waals surface area contributed by atoms with Gasteiger partial charge in [-0.25, -0.2) is 0 Å². The molecule has 0 saturated carbocycles. The molecule has 132 valence electrons. The Labute approximate surface area is 167 Å².